The number of carbonyl (C=O) groups excluding carboxylic acids is 1. The van der Waals surface area contributed by atoms with Crippen LogP contribution in [0.2, 0.25) is 5.02 Å². The maximum Gasteiger partial charge on any atom is 0.240 e. The molecule has 0 spiro atoms. The number of sulfonamides is 1. The molecule has 3 rings (SSSR count). The smallest absolute Gasteiger partial charge is 0.240 e. The zero-order chi connectivity index (χ0) is 21.0. The number of ether oxygens (including phenoxy) is 2. The average molecular weight is 439 g/mol. The van der Waals surface area contributed by atoms with Crippen LogP contribution in [0.3, 0.4) is 0 Å². The van der Waals surface area contributed by atoms with Gasteiger partial charge in [0.05, 0.1) is 17.4 Å². The summed E-state index contributed by atoms with van der Waals surface area (Å²) in [5, 5.41) is 3.41. The fourth-order valence-corrected chi connectivity index (χ4v) is 4.53. The summed E-state index contributed by atoms with van der Waals surface area (Å²) in [6.07, 6.45) is 0.523. The van der Waals surface area contributed by atoms with Crippen LogP contribution in [0.25, 0.3) is 0 Å². The van der Waals surface area contributed by atoms with E-state index in [1.54, 1.807) is 37.3 Å². The minimum atomic E-state index is -3.66. The van der Waals surface area contributed by atoms with Gasteiger partial charge in [0, 0.05) is 23.9 Å². The molecule has 2 aromatic rings. The molecule has 0 fully saturated rings. The number of benzene rings is 2. The van der Waals surface area contributed by atoms with Gasteiger partial charge in [-0.1, -0.05) is 11.6 Å². The Bertz CT molecular complexity index is 979. The van der Waals surface area contributed by atoms with Crippen molar-refractivity contribution in [3.05, 3.63) is 53.1 Å². The van der Waals surface area contributed by atoms with E-state index in [-0.39, 0.29) is 36.0 Å². The lowest BCUT2D eigenvalue weighted by molar-refractivity contribution is -0.121. The number of rotatable bonds is 7. The van der Waals surface area contributed by atoms with Crippen LogP contribution >= 0.6 is 11.6 Å². The zero-order valence-electron chi connectivity index (χ0n) is 16.1. The van der Waals surface area contributed by atoms with Crippen LogP contribution in [0.1, 0.15) is 12.5 Å². The van der Waals surface area contributed by atoms with E-state index in [1.165, 1.54) is 19.2 Å². The molecule has 0 radical (unpaired) electrons. The zero-order valence-corrected chi connectivity index (χ0v) is 17.7. The third kappa shape index (κ3) is 5.48. The van der Waals surface area contributed by atoms with Crippen LogP contribution in [0.4, 0.5) is 5.69 Å². The van der Waals surface area contributed by atoms with Gasteiger partial charge in [-0.25, -0.2) is 13.1 Å². The summed E-state index contributed by atoms with van der Waals surface area (Å²) in [6, 6.07) is 11.0. The Labute approximate surface area is 175 Å². The van der Waals surface area contributed by atoms with E-state index in [1.807, 2.05) is 0 Å². The number of hydrogen-bond acceptors (Lipinski definition) is 5. The van der Waals surface area contributed by atoms with E-state index < -0.39 is 10.0 Å². The van der Waals surface area contributed by atoms with Crippen molar-refractivity contribution < 1.29 is 22.7 Å². The van der Waals surface area contributed by atoms with Gasteiger partial charge in [-0.15, -0.1) is 0 Å². The van der Waals surface area contributed by atoms with Gasteiger partial charge in [-0.3, -0.25) is 4.79 Å². The van der Waals surface area contributed by atoms with Crippen molar-refractivity contribution in [1.82, 2.24) is 4.72 Å². The largest absolute Gasteiger partial charge is 0.492 e. The average Bonchev–Trinajstić information content (AvgIpc) is 2.67. The Morgan fingerprint density at radius 1 is 1.28 bits per heavy atom. The monoisotopic (exact) mass is 438 g/mol. The molecule has 2 aromatic carbocycles. The molecule has 1 heterocycles. The Balaban J connectivity index is 1.63. The molecular formula is C20H23ClN2O5S. The maximum absolute atomic E-state index is 12.6. The summed E-state index contributed by atoms with van der Waals surface area (Å²) >= 11 is 6.02. The summed E-state index contributed by atoms with van der Waals surface area (Å²) in [5.74, 6) is 0.183. The highest BCUT2D eigenvalue weighted by molar-refractivity contribution is 7.89. The third-order valence-corrected chi connectivity index (χ3v) is 6.35. The first-order valence-electron chi connectivity index (χ1n) is 9.12. The predicted molar refractivity (Wildman–Crippen MR) is 111 cm³/mol. The van der Waals surface area contributed by atoms with Gasteiger partial charge in [0.2, 0.25) is 15.9 Å². The Morgan fingerprint density at radius 3 is 2.69 bits per heavy atom. The maximum atomic E-state index is 12.6. The van der Waals surface area contributed by atoms with Crippen LogP contribution in [0.15, 0.2) is 47.4 Å². The number of amides is 1. The Hall–Kier alpha value is -2.13. The van der Waals surface area contributed by atoms with E-state index in [0.29, 0.717) is 17.1 Å². The fourth-order valence-electron chi connectivity index (χ4n) is 3.11. The van der Waals surface area contributed by atoms with E-state index in [4.69, 9.17) is 21.1 Å². The highest BCUT2D eigenvalue weighted by Crippen LogP contribution is 2.30. The van der Waals surface area contributed by atoms with Crippen LogP contribution in [0.5, 0.6) is 5.75 Å². The molecule has 0 aromatic heterocycles. The van der Waals surface area contributed by atoms with Gasteiger partial charge in [0.25, 0.3) is 0 Å². The van der Waals surface area contributed by atoms with Gasteiger partial charge in [-0.2, -0.15) is 0 Å². The molecule has 29 heavy (non-hydrogen) atoms. The molecule has 7 nitrogen and oxygen atoms in total. The summed E-state index contributed by atoms with van der Waals surface area (Å²) in [7, 11) is -2.15. The first-order valence-corrected chi connectivity index (χ1v) is 11.0. The van der Waals surface area contributed by atoms with E-state index >= 15 is 0 Å². The van der Waals surface area contributed by atoms with Crippen LogP contribution in [-0.2, 0) is 26.0 Å². The number of nitrogens with one attached hydrogen (secondary N) is 2. The van der Waals surface area contributed by atoms with E-state index in [9.17, 15) is 13.2 Å². The molecule has 1 aliphatic heterocycles. The Morgan fingerprint density at radius 2 is 2.00 bits per heavy atom. The molecule has 2 N–H and O–H groups in total. The van der Waals surface area contributed by atoms with Crippen LogP contribution in [-0.4, -0.2) is 40.7 Å². The number of methoxy groups -OCH3 is 1. The first-order chi connectivity index (χ1) is 13.8. The lowest BCUT2D eigenvalue weighted by Gasteiger charge is -2.24. The standard InChI is InChI=1S/C20H23ClN2O5S/c1-13(11-27-2)23-29(25,26)18-6-4-17(5-7-18)22-20(24)15-9-14-10-16(21)3-8-19(14)28-12-15/h3-8,10,13,15,23H,9,11-12H2,1-2H3,(H,22,24)/t13-,15-/m0/s1. The lowest BCUT2D eigenvalue weighted by Crippen LogP contribution is -2.35. The number of halogens is 1. The topological polar surface area (TPSA) is 93.7 Å². The molecule has 1 aliphatic rings. The molecule has 156 valence electrons. The minimum Gasteiger partial charge on any atom is -0.492 e. The second kappa shape index (κ2) is 9.13. The minimum absolute atomic E-state index is 0.114. The van der Waals surface area contributed by atoms with Crippen LogP contribution in [0, 0.1) is 5.92 Å². The summed E-state index contributed by atoms with van der Waals surface area (Å²) in [4.78, 5) is 12.7. The fraction of sp³-hybridized carbons (Fsp3) is 0.350. The lowest BCUT2D eigenvalue weighted by atomic mass is 9.96. The molecule has 1 amide bonds. The molecular weight excluding hydrogens is 416 g/mol. The van der Waals surface area contributed by atoms with Crippen molar-refractivity contribution in [2.24, 2.45) is 5.92 Å². The van der Waals surface area contributed by atoms with Crippen LogP contribution < -0.4 is 14.8 Å². The quantitative estimate of drug-likeness (QED) is 0.693. The van der Waals surface area contributed by atoms with Gasteiger partial charge < -0.3 is 14.8 Å². The van der Waals surface area contributed by atoms with E-state index in [2.05, 4.69) is 10.0 Å². The molecule has 9 heteroatoms. The highest BCUT2D eigenvalue weighted by atomic mass is 35.5. The van der Waals surface area contributed by atoms with Crippen molar-refractivity contribution in [1.29, 1.82) is 0 Å². The number of anilines is 1. The van der Waals surface area contributed by atoms with Crippen molar-refractivity contribution in [2.45, 2.75) is 24.3 Å². The van der Waals surface area contributed by atoms with Gasteiger partial charge in [0.1, 0.15) is 12.4 Å². The highest BCUT2D eigenvalue weighted by Gasteiger charge is 2.26. The first kappa shape index (κ1) is 21.6. The summed E-state index contributed by atoms with van der Waals surface area (Å²) < 4.78 is 37.9. The summed E-state index contributed by atoms with van der Waals surface area (Å²) in [5.41, 5.74) is 1.40. The third-order valence-electron chi connectivity index (χ3n) is 4.50. The van der Waals surface area contributed by atoms with Crippen molar-refractivity contribution in [3.8, 4) is 5.75 Å². The predicted octanol–water partition coefficient (Wildman–Crippen LogP) is 2.84. The molecule has 0 bridgehead atoms. The van der Waals surface area contributed by atoms with Crippen molar-refractivity contribution in [2.75, 3.05) is 25.6 Å². The molecule has 0 aliphatic carbocycles. The van der Waals surface area contributed by atoms with Gasteiger partial charge >= 0.3 is 0 Å². The number of hydrogen-bond donors (Lipinski definition) is 2. The van der Waals surface area contributed by atoms with Gasteiger partial charge in [-0.05, 0) is 61.4 Å². The molecule has 0 saturated heterocycles. The second-order valence-electron chi connectivity index (χ2n) is 6.96. The molecule has 0 saturated carbocycles. The molecule has 0 unspecified atom stereocenters. The van der Waals surface area contributed by atoms with Crippen molar-refractivity contribution >= 4 is 33.2 Å². The Kier molecular flexibility index (Phi) is 6.79. The van der Waals surface area contributed by atoms with E-state index in [0.717, 1.165) is 11.3 Å². The second-order valence-corrected chi connectivity index (χ2v) is 9.11. The normalized spacial score (nSPS) is 17.1. The van der Waals surface area contributed by atoms with Crippen molar-refractivity contribution in [3.63, 3.8) is 0 Å². The summed E-state index contributed by atoms with van der Waals surface area (Å²) in [6.45, 7) is 2.26. The van der Waals surface area contributed by atoms with Gasteiger partial charge in [0.15, 0.2) is 0 Å². The molecule has 2 atom stereocenters. The number of carbonyl (C=O) groups is 1. The SMILES string of the molecule is COC[C@H](C)NS(=O)(=O)c1ccc(NC(=O)[C@@H]2COc3ccc(Cl)cc3C2)cc1. The number of fused-ring (bicyclic) bond motifs is 1.